The summed E-state index contributed by atoms with van der Waals surface area (Å²) in [5, 5.41) is 0. The molecule has 2 N–H and O–H groups in total. The Balaban J connectivity index is 2.18. The van der Waals surface area contributed by atoms with Crippen LogP contribution in [-0.4, -0.2) is 25.3 Å². The Labute approximate surface area is 102 Å². The smallest absolute Gasteiger partial charge is 0.414 e. The van der Waals surface area contributed by atoms with Crippen molar-refractivity contribution in [1.29, 1.82) is 0 Å². The Morgan fingerprint density at radius 3 is 2.88 bits per heavy atom. The Morgan fingerprint density at radius 2 is 2.25 bits per heavy atom. The summed E-state index contributed by atoms with van der Waals surface area (Å²) in [7, 11) is 0. The average Bonchev–Trinajstić information content (AvgIpc) is 2.30. The lowest BCUT2D eigenvalue weighted by Crippen LogP contribution is -2.44. The van der Waals surface area contributed by atoms with Gasteiger partial charge in [0.1, 0.15) is 6.10 Å². The standard InChI is InChI=1S/C11H13BrN2O2/c12-9-3-1-2-4-10(9)14-6-5-8(7-13)16-11(14)15/h1-4,8H,5-7,13H2. The van der Waals surface area contributed by atoms with E-state index in [9.17, 15) is 4.79 Å². The topological polar surface area (TPSA) is 55.6 Å². The van der Waals surface area contributed by atoms with Crippen LogP contribution >= 0.6 is 15.9 Å². The van der Waals surface area contributed by atoms with E-state index in [0.29, 0.717) is 13.1 Å². The molecule has 1 aromatic carbocycles. The van der Waals surface area contributed by atoms with E-state index in [4.69, 9.17) is 10.5 Å². The molecule has 0 bridgehead atoms. The number of carbonyl (C=O) groups excluding carboxylic acids is 1. The Morgan fingerprint density at radius 1 is 1.50 bits per heavy atom. The first-order valence-electron chi connectivity index (χ1n) is 5.15. The number of benzene rings is 1. The molecular weight excluding hydrogens is 272 g/mol. The van der Waals surface area contributed by atoms with Crippen molar-refractivity contribution in [2.75, 3.05) is 18.0 Å². The molecule has 16 heavy (non-hydrogen) atoms. The van der Waals surface area contributed by atoms with Crippen molar-refractivity contribution < 1.29 is 9.53 Å². The van der Waals surface area contributed by atoms with Gasteiger partial charge in [0.05, 0.1) is 5.69 Å². The van der Waals surface area contributed by atoms with E-state index in [2.05, 4.69) is 15.9 Å². The van der Waals surface area contributed by atoms with Crippen LogP contribution in [-0.2, 0) is 4.74 Å². The maximum absolute atomic E-state index is 11.7. The van der Waals surface area contributed by atoms with Gasteiger partial charge in [0.25, 0.3) is 0 Å². The number of cyclic esters (lactones) is 1. The Kier molecular flexibility index (Phi) is 3.46. The molecule has 0 radical (unpaired) electrons. The fraction of sp³-hybridized carbons (Fsp3) is 0.364. The molecule has 2 rings (SSSR count). The van der Waals surface area contributed by atoms with Crippen molar-refractivity contribution in [2.45, 2.75) is 12.5 Å². The first-order chi connectivity index (χ1) is 7.72. The van der Waals surface area contributed by atoms with Gasteiger partial charge >= 0.3 is 6.09 Å². The van der Waals surface area contributed by atoms with Gasteiger partial charge < -0.3 is 10.5 Å². The van der Waals surface area contributed by atoms with Gasteiger partial charge in [-0.25, -0.2) is 4.79 Å². The van der Waals surface area contributed by atoms with Gasteiger partial charge in [-0.1, -0.05) is 12.1 Å². The van der Waals surface area contributed by atoms with E-state index in [1.807, 2.05) is 24.3 Å². The number of hydrogen-bond acceptors (Lipinski definition) is 3. The number of carbonyl (C=O) groups is 1. The predicted molar refractivity (Wildman–Crippen MR) is 65.4 cm³/mol. The number of halogens is 1. The van der Waals surface area contributed by atoms with E-state index in [1.54, 1.807) is 4.90 Å². The fourth-order valence-electron chi connectivity index (χ4n) is 1.68. The summed E-state index contributed by atoms with van der Waals surface area (Å²) in [6.07, 6.45) is 0.295. The molecule has 1 aliphatic rings. The minimum atomic E-state index is -0.325. The third kappa shape index (κ3) is 2.20. The van der Waals surface area contributed by atoms with Crippen LogP contribution in [0.3, 0.4) is 0 Å². The summed E-state index contributed by atoms with van der Waals surface area (Å²) < 4.78 is 6.09. The minimum absolute atomic E-state index is 0.147. The Hall–Kier alpha value is -1.07. The van der Waals surface area contributed by atoms with Gasteiger partial charge in [-0.3, -0.25) is 4.90 Å². The van der Waals surface area contributed by atoms with Crippen LogP contribution in [0.2, 0.25) is 0 Å². The third-order valence-corrected chi connectivity index (χ3v) is 3.24. The number of ether oxygens (including phenoxy) is 1. The number of hydrogen-bond donors (Lipinski definition) is 1. The number of amides is 1. The summed E-state index contributed by atoms with van der Waals surface area (Å²) in [5.41, 5.74) is 6.31. The number of para-hydroxylation sites is 1. The summed E-state index contributed by atoms with van der Waals surface area (Å²) in [5.74, 6) is 0. The zero-order valence-corrected chi connectivity index (χ0v) is 10.3. The molecule has 1 saturated heterocycles. The van der Waals surface area contributed by atoms with Gasteiger partial charge in [-0.2, -0.15) is 0 Å². The second-order valence-electron chi connectivity index (χ2n) is 3.63. The first-order valence-corrected chi connectivity index (χ1v) is 5.94. The zero-order chi connectivity index (χ0) is 11.5. The van der Waals surface area contributed by atoms with Crippen molar-refractivity contribution >= 4 is 27.7 Å². The molecule has 1 aromatic rings. The SMILES string of the molecule is NCC1CCN(c2ccccc2Br)C(=O)O1. The molecule has 5 heteroatoms. The van der Waals surface area contributed by atoms with E-state index in [1.165, 1.54) is 0 Å². The maximum Gasteiger partial charge on any atom is 0.414 e. The number of nitrogens with two attached hydrogens (primary N) is 1. The van der Waals surface area contributed by atoms with E-state index >= 15 is 0 Å². The molecule has 1 amide bonds. The van der Waals surface area contributed by atoms with Crippen LogP contribution in [0.1, 0.15) is 6.42 Å². The molecule has 86 valence electrons. The first kappa shape index (κ1) is 11.4. The molecule has 1 unspecified atom stereocenters. The second-order valence-corrected chi connectivity index (χ2v) is 4.49. The number of nitrogens with zero attached hydrogens (tertiary/aromatic N) is 1. The van der Waals surface area contributed by atoms with Crippen molar-refractivity contribution in [2.24, 2.45) is 5.73 Å². The lowest BCUT2D eigenvalue weighted by molar-refractivity contribution is 0.0887. The molecule has 0 aromatic heterocycles. The molecule has 0 saturated carbocycles. The van der Waals surface area contributed by atoms with Crippen LogP contribution in [0.5, 0.6) is 0 Å². The van der Waals surface area contributed by atoms with E-state index in [0.717, 1.165) is 16.6 Å². The average molecular weight is 285 g/mol. The van der Waals surface area contributed by atoms with Gasteiger partial charge in [0.15, 0.2) is 0 Å². The molecule has 1 heterocycles. The molecule has 0 spiro atoms. The lowest BCUT2D eigenvalue weighted by atomic mass is 10.2. The van der Waals surface area contributed by atoms with Crippen molar-refractivity contribution in [3.63, 3.8) is 0 Å². The van der Waals surface area contributed by atoms with Gasteiger partial charge in [-0.15, -0.1) is 0 Å². The molecule has 0 aliphatic carbocycles. The van der Waals surface area contributed by atoms with Crippen LogP contribution in [0.15, 0.2) is 28.7 Å². The lowest BCUT2D eigenvalue weighted by Gasteiger charge is -2.31. The molecule has 4 nitrogen and oxygen atoms in total. The quantitative estimate of drug-likeness (QED) is 0.905. The monoisotopic (exact) mass is 284 g/mol. The summed E-state index contributed by atoms with van der Waals surface area (Å²) in [6, 6.07) is 7.58. The maximum atomic E-state index is 11.7. The van der Waals surface area contributed by atoms with E-state index in [-0.39, 0.29) is 12.2 Å². The summed E-state index contributed by atoms with van der Waals surface area (Å²) >= 11 is 3.42. The van der Waals surface area contributed by atoms with Crippen LogP contribution in [0.25, 0.3) is 0 Å². The van der Waals surface area contributed by atoms with Crippen LogP contribution < -0.4 is 10.6 Å². The molecule has 1 aliphatic heterocycles. The van der Waals surface area contributed by atoms with Gasteiger partial charge in [0, 0.05) is 24.0 Å². The summed E-state index contributed by atoms with van der Waals surface area (Å²) in [6.45, 7) is 1.03. The Bertz CT molecular complexity index is 397. The largest absolute Gasteiger partial charge is 0.444 e. The third-order valence-electron chi connectivity index (χ3n) is 2.57. The highest BCUT2D eigenvalue weighted by Crippen LogP contribution is 2.28. The molecular formula is C11H13BrN2O2. The number of rotatable bonds is 2. The second kappa shape index (κ2) is 4.84. The van der Waals surface area contributed by atoms with Crippen molar-refractivity contribution in [1.82, 2.24) is 0 Å². The minimum Gasteiger partial charge on any atom is -0.444 e. The predicted octanol–water partition coefficient (Wildman–Crippen LogP) is 2.12. The highest BCUT2D eigenvalue weighted by Gasteiger charge is 2.28. The number of anilines is 1. The normalized spacial score (nSPS) is 20.8. The summed E-state index contributed by atoms with van der Waals surface area (Å²) in [4.78, 5) is 13.4. The van der Waals surface area contributed by atoms with Crippen molar-refractivity contribution in [3.05, 3.63) is 28.7 Å². The van der Waals surface area contributed by atoms with Gasteiger partial charge in [0.2, 0.25) is 0 Å². The zero-order valence-electron chi connectivity index (χ0n) is 8.73. The highest BCUT2D eigenvalue weighted by atomic mass is 79.9. The molecule has 1 fully saturated rings. The van der Waals surface area contributed by atoms with E-state index < -0.39 is 0 Å². The highest BCUT2D eigenvalue weighted by molar-refractivity contribution is 9.10. The van der Waals surface area contributed by atoms with Crippen molar-refractivity contribution in [3.8, 4) is 0 Å². The fourth-order valence-corrected chi connectivity index (χ4v) is 2.18. The van der Waals surface area contributed by atoms with Gasteiger partial charge in [-0.05, 0) is 28.1 Å². The van der Waals surface area contributed by atoms with Crippen LogP contribution in [0.4, 0.5) is 10.5 Å². The molecule has 1 atom stereocenters. The van der Waals surface area contributed by atoms with Crippen LogP contribution in [0, 0.1) is 0 Å².